The molecule has 0 spiro atoms. The van der Waals surface area contributed by atoms with Gasteiger partial charge in [0.1, 0.15) is 5.60 Å². The summed E-state index contributed by atoms with van der Waals surface area (Å²) in [5, 5.41) is 10.4. The first-order valence-corrected chi connectivity index (χ1v) is 7.35. The maximum absolute atomic E-state index is 10.4. The Labute approximate surface area is 142 Å². The summed E-state index contributed by atoms with van der Waals surface area (Å²) in [7, 11) is 0. The van der Waals surface area contributed by atoms with Crippen LogP contribution in [-0.4, -0.2) is 10.7 Å². The third-order valence-corrected chi connectivity index (χ3v) is 3.90. The fourth-order valence-electron chi connectivity index (χ4n) is 2.47. The van der Waals surface area contributed by atoms with Gasteiger partial charge in [0.05, 0.1) is 5.92 Å². The van der Waals surface area contributed by atoms with Crippen LogP contribution in [0.3, 0.4) is 0 Å². The second kappa shape index (κ2) is 9.94. The Balaban J connectivity index is 0.000000313. The maximum Gasteiger partial charge on any atom is 2.00 e. The van der Waals surface area contributed by atoms with Gasteiger partial charge in [-0.2, -0.15) is 0 Å². The quantitative estimate of drug-likeness (QED) is 0.536. The minimum absolute atomic E-state index is 0. The van der Waals surface area contributed by atoms with Gasteiger partial charge in [0.15, 0.2) is 0 Å². The molecule has 3 fully saturated rings. The van der Waals surface area contributed by atoms with E-state index >= 15 is 0 Å². The standard InChI is InChI=1S/C14H17O.C5H5.Fe/c1-12-6-4-5-10-14(12,15)11-9-13-7-2-3-8-13;1-2-4-5-3-1;/h2-3,7-8,12,15H,4-6,10H2,1H3;1-5H;/q;;+2. The van der Waals surface area contributed by atoms with Crippen molar-refractivity contribution in [1.29, 1.82) is 0 Å². The summed E-state index contributed by atoms with van der Waals surface area (Å²) in [5.41, 5.74) is -0.754. The number of hydrogen-bond acceptors (Lipinski definition) is 1. The molecule has 3 aliphatic carbocycles. The molecular formula is C19H22FeO+2. The molecule has 3 aliphatic rings. The average Bonchev–Trinajstić information content (AvgIpc) is 3.16. The first-order valence-electron chi connectivity index (χ1n) is 7.35. The molecule has 3 rings (SSSR count). The minimum atomic E-state index is -0.754. The van der Waals surface area contributed by atoms with Crippen LogP contribution in [-0.2, 0) is 17.1 Å². The van der Waals surface area contributed by atoms with E-state index in [2.05, 4.69) is 18.8 Å². The predicted octanol–water partition coefficient (Wildman–Crippen LogP) is 3.36. The van der Waals surface area contributed by atoms with E-state index in [1.54, 1.807) is 0 Å². The minimum Gasteiger partial charge on any atom is -0.377 e. The molecule has 1 nitrogen and oxygen atoms in total. The average molecular weight is 322 g/mol. The molecule has 3 saturated carbocycles. The molecule has 110 valence electrons. The maximum atomic E-state index is 10.4. The van der Waals surface area contributed by atoms with Gasteiger partial charge in [-0.1, -0.05) is 25.2 Å². The van der Waals surface area contributed by atoms with Gasteiger partial charge in [0.2, 0.25) is 0 Å². The summed E-state index contributed by atoms with van der Waals surface area (Å²) < 4.78 is 0. The van der Waals surface area contributed by atoms with E-state index < -0.39 is 5.60 Å². The van der Waals surface area contributed by atoms with Gasteiger partial charge in [-0.25, -0.2) is 0 Å². The second-order valence-corrected chi connectivity index (χ2v) is 5.46. The van der Waals surface area contributed by atoms with Crippen LogP contribution in [0.4, 0.5) is 0 Å². The van der Waals surface area contributed by atoms with Crippen molar-refractivity contribution >= 4 is 0 Å². The Hall–Kier alpha value is 0.0395. The van der Waals surface area contributed by atoms with Crippen molar-refractivity contribution in [2.75, 3.05) is 0 Å². The Morgan fingerprint density at radius 1 is 1.00 bits per heavy atom. The number of hydrogen-bond donors (Lipinski definition) is 1. The Bertz CT molecular complexity index is 326. The molecule has 0 saturated heterocycles. The zero-order valence-corrected chi connectivity index (χ0v) is 13.5. The van der Waals surface area contributed by atoms with E-state index in [0.29, 0.717) is 5.92 Å². The van der Waals surface area contributed by atoms with Crippen LogP contribution in [0.1, 0.15) is 32.6 Å². The van der Waals surface area contributed by atoms with E-state index in [1.807, 2.05) is 57.8 Å². The number of rotatable bonds is 0. The Morgan fingerprint density at radius 3 is 2.10 bits per heavy atom. The second-order valence-electron chi connectivity index (χ2n) is 5.46. The van der Waals surface area contributed by atoms with E-state index in [9.17, 15) is 5.11 Å². The SMILES string of the molecule is CC1CCCCC1(O)C#C[C]1[CH][CH][CH][CH]1.[CH]1[CH][CH][CH][CH]1.[Fe+2]. The van der Waals surface area contributed by atoms with Crippen molar-refractivity contribution in [2.45, 2.75) is 38.2 Å². The molecule has 2 heteroatoms. The van der Waals surface area contributed by atoms with Gasteiger partial charge in [-0.3, -0.25) is 0 Å². The molecule has 21 heavy (non-hydrogen) atoms. The van der Waals surface area contributed by atoms with Crippen molar-refractivity contribution in [2.24, 2.45) is 5.92 Å². The van der Waals surface area contributed by atoms with Crippen molar-refractivity contribution in [3.8, 4) is 11.8 Å². The third-order valence-electron chi connectivity index (χ3n) is 3.90. The van der Waals surface area contributed by atoms with E-state index in [4.69, 9.17) is 0 Å². The molecule has 2 unspecified atom stereocenters. The summed E-state index contributed by atoms with van der Waals surface area (Å²) in [4.78, 5) is 0. The van der Waals surface area contributed by atoms with Crippen LogP contribution in [0.2, 0.25) is 0 Å². The van der Waals surface area contributed by atoms with Gasteiger partial charge in [-0.15, -0.1) is 0 Å². The van der Waals surface area contributed by atoms with Crippen molar-refractivity contribution in [1.82, 2.24) is 0 Å². The molecule has 0 aromatic rings. The smallest absolute Gasteiger partial charge is 0.377 e. The molecule has 10 radical (unpaired) electrons. The summed E-state index contributed by atoms with van der Waals surface area (Å²) >= 11 is 0. The molecule has 2 atom stereocenters. The zero-order valence-electron chi connectivity index (χ0n) is 12.4. The zero-order chi connectivity index (χ0) is 14.3. The Morgan fingerprint density at radius 2 is 1.57 bits per heavy atom. The van der Waals surface area contributed by atoms with Crippen LogP contribution >= 0.6 is 0 Å². The van der Waals surface area contributed by atoms with Gasteiger partial charge >= 0.3 is 17.1 Å². The fraction of sp³-hybridized carbons (Fsp3) is 0.368. The van der Waals surface area contributed by atoms with E-state index in [-0.39, 0.29) is 17.1 Å². The first kappa shape index (κ1) is 19.1. The van der Waals surface area contributed by atoms with Gasteiger partial charge in [-0.05, 0) is 83.0 Å². The van der Waals surface area contributed by atoms with Crippen molar-refractivity contribution < 1.29 is 22.2 Å². The molecule has 0 aliphatic heterocycles. The summed E-state index contributed by atoms with van der Waals surface area (Å²) in [6.45, 7) is 2.10. The third kappa shape index (κ3) is 6.35. The summed E-state index contributed by atoms with van der Waals surface area (Å²) in [5.74, 6) is 7.42. The van der Waals surface area contributed by atoms with Crippen molar-refractivity contribution in [3.05, 3.63) is 63.7 Å². The van der Waals surface area contributed by atoms with Crippen molar-refractivity contribution in [3.63, 3.8) is 0 Å². The molecule has 0 aromatic heterocycles. The predicted molar refractivity (Wildman–Crippen MR) is 82.3 cm³/mol. The normalized spacial score (nSPS) is 32.4. The molecular weight excluding hydrogens is 300 g/mol. The van der Waals surface area contributed by atoms with Crippen LogP contribution in [0, 0.1) is 81.5 Å². The van der Waals surface area contributed by atoms with Gasteiger partial charge < -0.3 is 5.11 Å². The topological polar surface area (TPSA) is 20.2 Å². The Kier molecular flexibility index (Phi) is 9.03. The van der Waals surface area contributed by atoms with E-state index in [1.165, 1.54) is 6.42 Å². The van der Waals surface area contributed by atoms with Crippen LogP contribution < -0.4 is 0 Å². The molecule has 0 aromatic carbocycles. The molecule has 0 bridgehead atoms. The fourth-order valence-corrected chi connectivity index (χ4v) is 2.47. The van der Waals surface area contributed by atoms with E-state index in [0.717, 1.165) is 25.2 Å². The van der Waals surface area contributed by atoms with Crippen LogP contribution in [0.15, 0.2) is 0 Å². The molecule has 0 amide bonds. The summed E-state index contributed by atoms with van der Waals surface area (Å²) in [6, 6.07) is 0. The first-order chi connectivity index (χ1) is 9.71. The van der Waals surface area contributed by atoms with Crippen LogP contribution in [0.5, 0.6) is 0 Å². The molecule has 1 N–H and O–H groups in total. The van der Waals surface area contributed by atoms with Crippen LogP contribution in [0.25, 0.3) is 0 Å². The largest absolute Gasteiger partial charge is 2.00 e. The van der Waals surface area contributed by atoms with Gasteiger partial charge in [0, 0.05) is 0 Å². The van der Waals surface area contributed by atoms with Gasteiger partial charge in [0.25, 0.3) is 0 Å². The monoisotopic (exact) mass is 322 g/mol. The molecule has 0 heterocycles. The summed E-state index contributed by atoms with van der Waals surface area (Å²) in [6.07, 6.45) is 22.1. The number of aliphatic hydroxyl groups is 1.